The highest BCUT2D eigenvalue weighted by Crippen LogP contribution is 2.27. The highest BCUT2D eigenvalue weighted by molar-refractivity contribution is 5.71. The van der Waals surface area contributed by atoms with E-state index >= 15 is 0 Å². The van der Waals surface area contributed by atoms with Crippen LogP contribution in [-0.2, 0) is 0 Å². The van der Waals surface area contributed by atoms with Gasteiger partial charge in [0.05, 0.1) is 0 Å². The maximum atomic E-state index is 12.3. The molecule has 0 atom stereocenters. The third kappa shape index (κ3) is 2.43. The Bertz CT molecular complexity index is 839. The van der Waals surface area contributed by atoms with E-state index in [0.717, 1.165) is 11.1 Å². The van der Waals surface area contributed by atoms with Gasteiger partial charge in [0.25, 0.3) is 5.56 Å². The molecule has 4 heteroatoms. The molecule has 1 aromatic heterocycles. The molecule has 1 heterocycles. The number of nitrogens with zero attached hydrogens (tertiary/aromatic N) is 1. The van der Waals surface area contributed by atoms with Crippen molar-refractivity contribution >= 4 is 0 Å². The molecule has 0 aliphatic rings. The van der Waals surface area contributed by atoms with Crippen LogP contribution in [-0.4, -0.2) is 15.1 Å². The van der Waals surface area contributed by atoms with Crippen LogP contribution in [0.1, 0.15) is 5.56 Å². The largest absolute Gasteiger partial charge is 0.493 e. The molecule has 0 spiro atoms. The normalized spacial score (nSPS) is 10.5. The van der Waals surface area contributed by atoms with E-state index in [1.165, 1.54) is 0 Å². The number of hydrogen-bond acceptors (Lipinski definition) is 3. The number of benzene rings is 2. The first-order valence-electron chi connectivity index (χ1n) is 6.61. The molecule has 21 heavy (non-hydrogen) atoms. The minimum Gasteiger partial charge on any atom is -0.493 e. The molecular formula is C17H14N2O2. The van der Waals surface area contributed by atoms with Crippen LogP contribution in [0, 0.1) is 6.92 Å². The Hall–Kier alpha value is -2.88. The summed E-state index contributed by atoms with van der Waals surface area (Å²) in [4.78, 5) is 19.2. The number of hydrogen-bond donors (Lipinski definition) is 2. The third-order valence-corrected chi connectivity index (χ3v) is 3.36. The van der Waals surface area contributed by atoms with Crippen LogP contribution in [0.2, 0.25) is 0 Å². The van der Waals surface area contributed by atoms with Gasteiger partial charge in [-0.05, 0) is 18.1 Å². The zero-order valence-electron chi connectivity index (χ0n) is 11.5. The summed E-state index contributed by atoms with van der Waals surface area (Å²) in [6.07, 6.45) is 0. The van der Waals surface area contributed by atoms with Crippen LogP contribution >= 0.6 is 0 Å². The maximum Gasteiger partial charge on any atom is 0.262 e. The lowest BCUT2D eigenvalue weighted by Gasteiger charge is -2.08. The topological polar surface area (TPSA) is 66.0 Å². The molecule has 2 aromatic carbocycles. The fourth-order valence-electron chi connectivity index (χ4n) is 2.29. The first kappa shape index (κ1) is 13.1. The average molecular weight is 278 g/mol. The summed E-state index contributed by atoms with van der Waals surface area (Å²) >= 11 is 0. The van der Waals surface area contributed by atoms with Crippen molar-refractivity contribution in [3.05, 3.63) is 70.5 Å². The van der Waals surface area contributed by atoms with Gasteiger partial charge >= 0.3 is 0 Å². The lowest BCUT2D eigenvalue weighted by molar-refractivity contribution is 0.454. The van der Waals surface area contributed by atoms with Crippen molar-refractivity contribution in [3.8, 4) is 28.4 Å². The molecule has 0 fully saturated rings. The van der Waals surface area contributed by atoms with Gasteiger partial charge in [0.15, 0.2) is 0 Å². The van der Waals surface area contributed by atoms with E-state index in [1.807, 2.05) is 55.5 Å². The predicted molar refractivity (Wildman–Crippen MR) is 82.1 cm³/mol. The lowest BCUT2D eigenvalue weighted by atomic mass is 10.0. The smallest absolute Gasteiger partial charge is 0.262 e. The van der Waals surface area contributed by atoms with Crippen molar-refractivity contribution in [2.75, 3.05) is 0 Å². The quantitative estimate of drug-likeness (QED) is 0.757. The third-order valence-electron chi connectivity index (χ3n) is 3.36. The molecule has 0 saturated carbocycles. The number of rotatable bonds is 2. The van der Waals surface area contributed by atoms with Crippen molar-refractivity contribution in [1.82, 2.24) is 9.97 Å². The maximum absolute atomic E-state index is 12.3. The van der Waals surface area contributed by atoms with Gasteiger partial charge in [0, 0.05) is 5.56 Å². The van der Waals surface area contributed by atoms with Gasteiger partial charge in [0.2, 0.25) is 5.88 Å². The Morgan fingerprint density at radius 2 is 1.67 bits per heavy atom. The number of aromatic hydroxyl groups is 1. The van der Waals surface area contributed by atoms with Gasteiger partial charge in [-0.2, -0.15) is 4.98 Å². The molecule has 0 bridgehead atoms. The van der Waals surface area contributed by atoms with E-state index in [0.29, 0.717) is 11.4 Å². The molecule has 0 amide bonds. The van der Waals surface area contributed by atoms with Crippen molar-refractivity contribution < 1.29 is 5.11 Å². The zero-order valence-corrected chi connectivity index (χ0v) is 11.5. The number of nitrogens with one attached hydrogen (secondary N) is 1. The van der Waals surface area contributed by atoms with Gasteiger partial charge < -0.3 is 10.1 Å². The standard InChI is InChI=1S/C17H14N2O2/c1-11-7-5-6-10-13(11)14-16(20)18-15(19-17(14)21)12-8-3-2-4-9-12/h2-10H,1H3,(H2,18,19,20,21). The predicted octanol–water partition coefficient (Wildman–Crippen LogP) is 3.12. The molecule has 2 N–H and O–H groups in total. The minimum absolute atomic E-state index is 0.202. The number of aryl methyl sites for hydroxylation is 1. The minimum atomic E-state index is -0.351. The van der Waals surface area contributed by atoms with Gasteiger partial charge in [-0.1, -0.05) is 54.6 Å². The van der Waals surface area contributed by atoms with Crippen LogP contribution in [0.5, 0.6) is 5.88 Å². The molecule has 0 aliphatic heterocycles. The van der Waals surface area contributed by atoms with Crippen LogP contribution in [0.25, 0.3) is 22.5 Å². The van der Waals surface area contributed by atoms with Crippen LogP contribution < -0.4 is 5.56 Å². The molecule has 3 rings (SSSR count). The molecule has 0 unspecified atom stereocenters. The second-order valence-electron chi connectivity index (χ2n) is 4.79. The van der Waals surface area contributed by atoms with Crippen LogP contribution in [0.3, 0.4) is 0 Å². The summed E-state index contributed by atoms with van der Waals surface area (Å²) < 4.78 is 0. The van der Waals surface area contributed by atoms with Gasteiger partial charge in [-0.3, -0.25) is 4.79 Å². The van der Waals surface area contributed by atoms with Crippen LogP contribution in [0.4, 0.5) is 0 Å². The zero-order chi connectivity index (χ0) is 14.8. The first-order valence-corrected chi connectivity index (χ1v) is 6.61. The molecule has 0 aliphatic carbocycles. The fraction of sp³-hybridized carbons (Fsp3) is 0.0588. The SMILES string of the molecule is Cc1ccccc1-c1c(O)nc(-c2ccccc2)[nH]c1=O. The fourth-order valence-corrected chi connectivity index (χ4v) is 2.29. The first-order chi connectivity index (χ1) is 10.2. The van der Waals surface area contributed by atoms with E-state index < -0.39 is 0 Å². The van der Waals surface area contributed by atoms with E-state index in [9.17, 15) is 9.90 Å². The average Bonchev–Trinajstić information content (AvgIpc) is 2.49. The number of aromatic amines is 1. The second kappa shape index (κ2) is 5.25. The molecule has 0 saturated heterocycles. The van der Waals surface area contributed by atoms with E-state index in [-0.39, 0.29) is 17.0 Å². The highest BCUT2D eigenvalue weighted by Gasteiger charge is 2.15. The monoisotopic (exact) mass is 278 g/mol. The van der Waals surface area contributed by atoms with Crippen molar-refractivity contribution in [2.24, 2.45) is 0 Å². The van der Waals surface area contributed by atoms with Crippen molar-refractivity contribution in [3.63, 3.8) is 0 Å². The van der Waals surface area contributed by atoms with Gasteiger partial charge in [-0.25, -0.2) is 0 Å². The molecular weight excluding hydrogens is 264 g/mol. The molecule has 104 valence electrons. The second-order valence-corrected chi connectivity index (χ2v) is 4.79. The summed E-state index contributed by atoms with van der Waals surface area (Å²) in [5, 5.41) is 10.2. The Labute approximate surface area is 121 Å². The van der Waals surface area contributed by atoms with E-state index in [2.05, 4.69) is 9.97 Å². The number of H-pyrrole nitrogens is 1. The van der Waals surface area contributed by atoms with Crippen molar-refractivity contribution in [2.45, 2.75) is 6.92 Å². The molecule has 3 aromatic rings. The van der Waals surface area contributed by atoms with Gasteiger partial charge in [-0.15, -0.1) is 0 Å². The molecule has 4 nitrogen and oxygen atoms in total. The summed E-state index contributed by atoms with van der Waals surface area (Å²) in [6.45, 7) is 1.89. The van der Waals surface area contributed by atoms with Crippen LogP contribution in [0.15, 0.2) is 59.4 Å². The number of aromatic nitrogens is 2. The van der Waals surface area contributed by atoms with E-state index in [1.54, 1.807) is 6.07 Å². The summed E-state index contributed by atoms with van der Waals surface area (Å²) in [6, 6.07) is 16.6. The lowest BCUT2D eigenvalue weighted by Crippen LogP contribution is -2.12. The van der Waals surface area contributed by atoms with E-state index in [4.69, 9.17) is 0 Å². The summed E-state index contributed by atoms with van der Waals surface area (Å²) in [7, 11) is 0. The summed E-state index contributed by atoms with van der Waals surface area (Å²) in [5.74, 6) is 0.0994. The highest BCUT2D eigenvalue weighted by atomic mass is 16.3. The Morgan fingerprint density at radius 3 is 2.33 bits per heavy atom. The van der Waals surface area contributed by atoms with Crippen molar-refractivity contribution in [1.29, 1.82) is 0 Å². The summed E-state index contributed by atoms with van der Waals surface area (Å²) in [5.41, 5.74) is 2.19. The van der Waals surface area contributed by atoms with Gasteiger partial charge in [0.1, 0.15) is 11.4 Å². The Balaban J connectivity index is 2.19. The Kier molecular flexibility index (Phi) is 3.28. The molecule has 0 radical (unpaired) electrons. The Morgan fingerprint density at radius 1 is 1.00 bits per heavy atom.